The van der Waals surface area contributed by atoms with Crippen LogP contribution < -0.4 is 5.32 Å². The zero-order valence-electron chi connectivity index (χ0n) is 9.63. The molecule has 0 aromatic rings. The maximum absolute atomic E-state index is 3.42. The Morgan fingerprint density at radius 1 is 1.14 bits per heavy atom. The highest BCUT2D eigenvalue weighted by atomic mass is 15.2. The van der Waals surface area contributed by atoms with Gasteiger partial charge in [0, 0.05) is 18.1 Å². The van der Waals surface area contributed by atoms with Crippen LogP contribution in [0.2, 0.25) is 0 Å². The fourth-order valence-corrected chi connectivity index (χ4v) is 3.18. The van der Waals surface area contributed by atoms with E-state index in [1.54, 1.807) is 0 Å². The van der Waals surface area contributed by atoms with E-state index in [2.05, 4.69) is 24.2 Å². The second kappa shape index (κ2) is 4.63. The van der Waals surface area contributed by atoms with Crippen LogP contribution in [-0.4, -0.2) is 36.6 Å². The van der Waals surface area contributed by atoms with E-state index in [1.165, 1.54) is 45.1 Å². The van der Waals surface area contributed by atoms with Gasteiger partial charge in [-0.2, -0.15) is 0 Å². The Morgan fingerprint density at radius 3 is 2.64 bits per heavy atom. The summed E-state index contributed by atoms with van der Waals surface area (Å²) in [7, 11) is 2.10. The van der Waals surface area contributed by atoms with Crippen molar-refractivity contribution in [1.29, 1.82) is 0 Å². The molecule has 0 spiro atoms. The first-order valence-electron chi connectivity index (χ1n) is 6.24. The molecule has 1 aliphatic carbocycles. The van der Waals surface area contributed by atoms with Crippen LogP contribution in [0.4, 0.5) is 0 Å². The third kappa shape index (κ3) is 2.12. The van der Waals surface area contributed by atoms with E-state index in [1.807, 2.05) is 0 Å². The molecule has 1 N–H and O–H groups in total. The lowest BCUT2D eigenvalue weighted by molar-refractivity contribution is 0.107. The maximum atomic E-state index is 3.42. The molecular weight excluding hydrogens is 172 g/mol. The van der Waals surface area contributed by atoms with Gasteiger partial charge in [-0.3, -0.25) is 4.90 Å². The maximum Gasteiger partial charge on any atom is 0.0113 e. The number of likely N-dealkylation sites (tertiary alicyclic amines) is 1. The predicted molar refractivity (Wildman–Crippen MR) is 60.5 cm³/mol. The van der Waals surface area contributed by atoms with Gasteiger partial charge in [-0.05, 0) is 52.6 Å². The van der Waals surface area contributed by atoms with E-state index in [9.17, 15) is 0 Å². The van der Waals surface area contributed by atoms with Gasteiger partial charge in [-0.1, -0.05) is 6.42 Å². The van der Waals surface area contributed by atoms with Gasteiger partial charge >= 0.3 is 0 Å². The van der Waals surface area contributed by atoms with Crippen LogP contribution in [0.3, 0.4) is 0 Å². The van der Waals surface area contributed by atoms with E-state index < -0.39 is 0 Å². The van der Waals surface area contributed by atoms with E-state index in [4.69, 9.17) is 0 Å². The Balaban J connectivity index is 1.88. The number of nitrogens with zero attached hydrogens (tertiary/aromatic N) is 1. The Bertz CT molecular complexity index is 181. The van der Waals surface area contributed by atoms with Gasteiger partial charge in [-0.25, -0.2) is 0 Å². The van der Waals surface area contributed by atoms with Crippen molar-refractivity contribution in [2.24, 2.45) is 0 Å². The molecule has 14 heavy (non-hydrogen) atoms. The fourth-order valence-electron chi connectivity index (χ4n) is 3.18. The van der Waals surface area contributed by atoms with Crippen molar-refractivity contribution < 1.29 is 0 Å². The van der Waals surface area contributed by atoms with Gasteiger partial charge < -0.3 is 5.32 Å². The van der Waals surface area contributed by atoms with Crippen LogP contribution in [0.15, 0.2) is 0 Å². The first kappa shape index (κ1) is 10.4. The van der Waals surface area contributed by atoms with Crippen LogP contribution in [0.1, 0.15) is 45.4 Å². The lowest BCUT2D eigenvalue weighted by atomic mass is 10.0. The lowest BCUT2D eigenvalue weighted by Gasteiger charge is -2.38. The van der Waals surface area contributed by atoms with Crippen molar-refractivity contribution in [1.82, 2.24) is 10.2 Å². The highest BCUT2D eigenvalue weighted by Crippen LogP contribution is 2.29. The molecule has 0 aromatic carbocycles. The Morgan fingerprint density at radius 2 is 2.00 bits per heavy atom. The summed E-state index contributed by atoms with van der Waals surface area (Å²) in [5, 5.41) is 3.42. The number of nitrogens with one attached hydrogen (secondary N) is 1. The number of hydrogen-bond acceptors (Lipinski definition) is 2. The van der Waals surface area contributed by atoms with E-state index in [0.29, 0.717) is 0 Å². The summed E-state index contributed by atoms with van der Waals surface area (Å²) in [6.45, 7) is 3.76. The van der Waals surface area contributed by atoms with Gasteiger partial charge in [-0.15, -0.1) is 0 Å². The van der Waals surface area contributed by atoms with Crippen LogP contribution >= 0.6 is 0 Å². The third-order valence-electron chi connectivity index (χ3n) is 4.14. The van der Waals surface area contributed by atoms with Crippen LogP contribution in [0.5, 0.6) is 0 Å². The van der Waals surface area contributed by atoms with Gasteiger partial charge in [0.2, 0.25) is 0 Å². The molecule has 0 bridgehead atoms. The summed E-state index contributed by atoms with van der Waals surface area (Å²) in [6.07, 6.45) is 8.45. The average molecular weight is 196 g/mol. The van der Waals surface area contributed by atoms with Crippen molar-refractivity contribution >= 4 is 0 Å². The summed E-state index contributed by atoms with van der Waals surface area (Å²) in [4.78, 5) is 2.76. The zero-order chi connectivity index (χ0) is 9.97. The van der Waals surface area contributed by atoms with Crippen molar-refractivity contribution in [3.8, 4) is 0 Å². The molecule has 1 heterocycles. The van der Waals surface area contributed by atoms with Crippen molar-refractivity contribution in [2.45, 2.75) is 63.6 Å². The number of rotatable bonds is 2. The first-order chi connectivity index (χ1) is 6.81. The Kier molecular flexibility index (Phi) is 3.45. The largest absolute Gasteiger partial charge is 0.317 e. The highest BCUT2D eigenvalue weighted by molar-refractivity contribution is 4.89. The SMILES string of the molecule is CNC1CCC(N2CCCCC2C)C1. The lowest BCUT2D eigenvalue weighted by Crippen LogP contribution is -2.44. The van der Waals surface area contributed by atoms with Crippen LogP contribution in [0, 0.1) is 0 Å². The van der Waals surface area contributed by atoms with Gasteiger partial charge in [0.05, 0.1) is 0 Å². The Labute approximate surface area is 88.1 Å². The summed E-state index contributed by atoms with van der Waals surface area (Å²) in [5.41, 5.74) is 0. The topological polar surface area (TPSA) is 15.3 Å². The third-order valence-corrected chi connectivity index (χ3v) is 4.14. The van der Waals surface area contributed by atoms with E-state index in [-0.39, 0.29) is 0 Å². The molecule has 2 aliphatic rings. The number of hydrogen-bond donors (Lipinski definition) is 1. The first-order valence-corrected chi connectivity index (χ1v) is 6.24. The average Bonchev–Trinajstić information content (AvgIpc) is 2.67. The van der Waals surface area contributed by atoms with Gasteiger partial charge in [0.1, 0.15) is 0 Å². The molecule has 0 radical (unpaired) electrons. The second-order valence-corrected chi connectivity index (χ2v) is 5.04. The van der Waals surface area contributed by atoms with Gasteiger partial charge in [0.25, 0.3) is 0 Å². The van der Waals surface area contributed by atoms with E-state index in [0.717, 1.165) is 18.1 Å². The zero-order valence-corrected chi connectivity index (χ0v) is 9.63. The minimum absolute atomic E-state index is 0.786. The Hall–Kier alpha value is -0.0800. The van der Waals surface area contributed by atoms with Crippen molar-refractivity contribution in [3.05, 3.63) is 0 Å². The molecule has 1 saturated carbocycles. The van der Waals surface area contributed by atoms with Crippen LogP contribution in [0.25, 0.3) is 0 Å². The van der Waals surface area contributed by atoms with Gasteiger partial charge in [0.15, 0.2) is 0 Å². The molecule has 0 amide bonds. The molecule has 2 rings (SSSR count). The number of piperidine rings is 1. The monoisotopic (exact) mass is 196 g/mol. The predicted octanol–water partition coefficient (Wildman–Crippen LogP) is 2.00. The normalized spacial score (nSPS) is 40.3. The quantitative estimate of drug-likeness (QED) is 0.726. The van der Waals surface area contributed by atoms with Crippen molar-refractivity contribution in [3.63, 3.8) is 0 Å². The second-order valence-electron chi connectivity index (χ2n) is 5.04. The molecular formula is C12H24N2. The molecule has 2 nitrogen and oxygen atoms in total. The minimum atomic E-state index is 0.786. The van der Waals surface area contributed by atoms with Crippen molar-refractivity contribution in [2.75, 3.05) is 13.6 Å². The molecule has 3 unspecified atom stereocenters. The van der Waals surface area contributed by atoms with Crippen LogP contribution in [-0.2, 0) is 0 Å². The summed E-state index contributed by atoms with van der Waals surface area (Å²) in [6, 6.07) is 2.50. The molecule has 2 fully saturated rings. The molecule has 1 aliphatic heterocycles. The summed E-state index contributed by atoms with van der Waals surface area (Å²) in [5.74, 6) is 0. The highest BCUT2D eigenvalue weighted by Gasteiger charge is 2.31. The molecule has 3 atom stereocenters. The fraction of sp³-hybridized carbons (Fsp3) is 1.00. The standard InChI is InChI=1S/C12H24N2/c1-10-5-3-4-8-14(10)12-7-6-11(9-12)13-2/h10-13H,3-9H2,1-2H3. The minimum Gasteiger partial charge on any atom is -0.317 e. The smallest absolute Gasteiger partial charge is 0.0113 e. The molecule has 2 heteroatoms. The summed E-state index contributed by atoms with van der Waals surface area (Å²) < 4.78 is 0. The molecule has 0 aromatic heterocycles. The van der Waals surface area contributed by atoms with E-state index >= 15 is 0 Å². The summed E-state index contributed by atoms with van der Waals surface area (Å²) >= 11 is 0. The molecule has 82 valence electrons. The molecule has 1 saturated heterocycles.